The number of nitrogens with one attached hydrogen (secondary N) is 1. The minimum absolute atomic E-state index is 0.198. The fourth-order valence-electron chi connectivity index (χ4n) is 3.68. The molecule has 0 radical (unpaired) electrons. The molecule has 0 saturated carbocycles. The molecule has 0 unspecified atom stereocenters. The highest BCUT2D eigenvalue weighted by Gasteiger charge is 2.18. The summed E-state index contributed by atoms with van der Waals surface area (Å²) < 4.78 is 18.3. The number of rotatable bonds is 6. The van der Waals surface area contributed by atoms with Crippen molar-refractivity contribution in [1.82, 2.24) is 15.5 Å². The predicted octanol–water partition coefficient (Wildman–Crippen LogP) is 3.44. The van der Waals surface area contributed by atoms with E-state index in [1.165, 1.54) is 17.7 Å². The standard InChI is InChI=1S/C22H26FN5O/c1-16-21(17(2)29-26-16)15-24-14-18-7-8-25-22(13-18)28-11-9-27(10-12-28)20-5-3-19(23)4-6-20/h3-8,13,24H,9-12,14-15H2,1-2H3. The maximum Gasteiger partial charge on any atom is 0.138 e. The van der Waals surface area contributed by atoms with Crippen molar-refractivity contribution in [1.29, 1.82) is 0 Å². The number of aryl methyl sites for hydroxylation is 2. The number of benzene rings is 1. The van der Waals surface area contributed by atoms with Gasteiger partial charge in [-0.2, -0.15) is 0 Å². The van der Waals surface area contributed by atoms with Gasteiger partial charge in [-0.3, -0.25) is 0 Å². The molecule has 0 aliphatic carbocycles. The van der Waals surface area contributed by atoms with Crippen molar-refractivity contribution in [2.45, 2.75) is 26.9 Å². The van der Waals surface area contributed by atoms with E-state index in [2.05, 4.69) is 31.3 Å². The second-order valence-electron chi connectivity index (χ2n) is 7.38. The smallest absolute Gasteiger partial charge is 0.138 e. The lowest BCUT2D eigenvalue weighted by molar-refractivity contribution is 0.392. The summed E-state index contributed by atoms with van der Waals surface area (Å²) in [4.78, 5) is 9.15. The fraction of sp³-hybridized carbons (Fsp3) is 0.364. The van der Waals surface area contributed by atoms with Crippen molar-refractivity contribution in [3.05, 3.63) is 71.0 Å². The molecule has 7 heteroatoms. The minimum Gasteiger partial charge on any atom is -0.368 e. The van der Waals surface area contributed by atoms with Crippen molar-refractivity contribution in [2.24, 2.45) is 0 Å². The molecule has 3 heterocycles. The third kappa shape index (κ3) is 4.56. The van der Waals surface area contributed by atoms with Gasteiger partial charge in [-0.05, 0) is 55.8 Å². The summed E-state index contributed by atoms with van der Waals surface area (Å²) in [6.07, 6.45) is 1.87. The van der Waals surface area contributed by atoms with Gasteiger partial charge < -0.3 is 19.6 Å². The Bertz CT molecular complexity index is 929. The molecule has 4 rings (SSSR count). The summed E-state index contributed by atoms with van der Waals surface area (Å²) in [5.74, 6) is 1.67. The van der Waals surface area contributed by atoms with Crippen LogP contribution in [0.4, 0.5) is 15.9 Å². The maximum atomic E-state index is 13.1. The third-order valence-corrected chi connectivity index (χ3v) is 5.42. The normalized spacial score (nSPS) is 14.4. The molecule has 1 N–H and O–H groups in total. The van der Waals surface area contributed by atoms with Gasteiger partial charge >= 0.3 is 0 Å². The van der Waals surface area contributed by atoms with Crippen LogP contribution < -0.4 is 15.1 Å². The molecule has 0 amide bonds. The average Bonchev–Trinajstić information content (AvgIpc) is 3.07. The lowest BCUT2D eigenvalue weighted by Gasteiger charge is -2.36. The van der Waals surface area contributed by atoms with Crippen molar-refractivity contribution >= 4 is 11.5 Å². The monoisotopic (exact) mass is 395 g/mol. The van der Waals surface area contributed by atoms with Gasteiger partial charge in [-0.25, -0.2) is 9.37 Å². The third-order valence-electron chi connectivity index (χ3n) is 5.42. The van der Waals surface area contributed by atoms with Crippen LogP contribution in [-0.2, 0) is 13.1 Å². The Morgan fingerprint density at radius 3 is 2.41 bits per heavy atom. The van der Waals surface area contributed by atoms with Gasteiger partial charge in [0.05, 0.1) is 5.69 Å². The van der Waals surface area contributed by atoms with Crippen LogP contribution in [0.25, 0.3) is 0 Å². The Hall–Kier alpha value is -2.93. The Balaban J connectivity index is 1.32. The molecule has 1 aliphatic heterocycles. The van der Waals surface area contributed by atoms with Crippen LogP contribution >= 0.6 is 0 Å². The Kier molecular flexibility index (Phi) is 5.76. The number of anilines is 2. The summed E-state index contributed by atoms with van der Waals surface area (Å²) in [6, 6.07) is 10.9. The number of halogens is 1. The second-order valence-corrected chi connectivity index (χ2v) is 7.38. The summed E-state index contributed by atoms with van der Waals surface area (Å²) in [5.41, 5.74) is 4.32. The van der Waals surface area contributed by atoms with Gasteiger partial charge in [0.25, 0.3) is 0 Å². The van der Waals surface area contributed by atoms with Crippen molar-refractivity contribution in [3.8, 4) is 0 Å². The Morgan fingerprint density at radius 2 is 1.72 bits per heavy atom. The number of piperazine rings is 1. The predicted molar refractivity (Wildman–Crippen MR) is 112 cm³/mol. The molecule has 0 bridgehead atoms. The van der Waals surface area contributed by atoms with Gasteiger partial charge in [0.15, 0.2) is 0 Å². The molecule has 1 saturated heterocycles. The van der Waals surface area contributed by atoms with Crippen LogP contribution in [0.5, 0.6) is 0 Å². The number of pyridine rings is 1. The first-order valence-electron chi connectivity index (χ1n) is 9.93. The maximum absolute atomic E-state index is 13.1. The summed E-state index contributed by atoms with van der Waals surface area (Å²) in [5, 5.41) is 7.46. The zero-order chi connectivity index (χ0) is 20.2. The topological polar surface area (TPSA) is 57.4 Å². The highest BCUT2D eigenvalue weighted by atomic mass is 19.1. The average molecular weight is 395 g/mol. The molecule has 152 valence electrons. The van der Waals surface area contributed by atoms with Crippen molar-refractivity contribution in [2.75, 3.05) is 36.0 Å². The quantitative estimate of drug-likeness (QED) is 0.690. The van der Waals surface area contributed by atoms with Crippen molar-refractivity contribution in [3.63, 3.8) is 0 Å². The van der Waals surface area contributed by atoms with Gasteiger partial charge in [-0.1, -0.05) is 5.16 Å². The van der Waals surface area contributed by atoms with Crippen LogP contribution in [0.1, 0.15) is 22.6 Å². The molecule has 2 aromatic heterocycles. The largest absolute Gasteiger partial charge is 0.368 e. The molecular formula is C22H26FN5O. The first-order valence-corrected chi connectivity index (χ1v) is 9.93. The van der Waals surface area contributed by atoms with E-state index in [-0.39, 0.29) is 5.82 Å². The van der Waals surface area contributed by atoms with E-state index in [4.69, 9.17) is 4.52 Å². The van der Waals surface area contributed by atoms with E-state index in [9.17, 15) is 4.39 Å². The summed E-state index contributed by atoms with van der Waals surface area (Å²) in [7, 11) is 0. The van der Waals surface area contributed by atoms with Crippen molar-refractivity contribution < 1.29 is 8.91 Å². The lowest BCUT2D eigenvalue weighted by atomic mass is 10.2. The molecule has 1 fully saturated rings. The number of hydrogen-bond acceptors (Lipinski definition) is 6. The molecule has 1 aliphatic rings. The Labute approximate surface area is 170 Å². The molecule has 6 nitrogen and oxygen atoms in total. The highest BCUT2D eigenvalue weighted by molar-refractivity contribution is 5.49. The zero-order valence-corrected chi connectivity index (χ0v) is 16.9. The summed E-state index contributed by atoms with van der Waals surface area (Å²) in [6.45, 7) is 8.95. The molecular weight excluding hydrogens is 369 g/mol. The van der Waals surface area contributed by atoms with Gasteiger partial charge in [0.1, 0.15) is 17.4 Å². The fourth-order valence-corrected chi connectivity index (χ4v) is 3.68. The van der Waals surface area contributed by atoms with E-state index in [1.807, 2.05) is 38.2 Å². The summed E-state index contributed by atoms with van der Waals surface area (Å²) >= 11 is 0. The van der Waals surface area contributed by atoms with Crippen LogP contribution in [0.2, 0.25) is 0 Å². The van der Waals surface area contributed by atoms with E-state index in [0.29, 0.717) is 0 Å². The van der Waals surface area contributed by atoms with E-state index in [0.717, 1.165) is 67.8 Å². The van der Waals surface area contributed by atoms with Gasteiger partial charge in [0, 0.05) is 56.7 Å². The first-order chi connectivity index (χ1) is 14.1. The van der Waals surface area contributed by atoms with E-state index >= 15 is 0 Å². The number of aromatic nitrogens is 2. The SMILES string of the molecule is Cc1noc(C)c1CNCc1ccnc(N2CCN(c3ccc(F)cc3)CC2)c1. The lowest BCUT2D eigenvalue weighted by Crippen LogP contribution is -2.46. The van der Waals surface area contributed by atoms with E-state index in [1.54, 1.807) is 0 Å². The van der Waals surface area contributed by atoms with Crippen LogP contribution in [0.15, 0.2) is 47.1 Å². The van der Waals surface area contributed by atoms with Crippen LogP contribution in [0.3, 0.4) is 0 Å². The molecule has 0 spiro atoms. The van der Waals surface area contributed by atoms with Crippen LogP contribution in [-0.4, -0.2) is 36.3 Å². The minimum atomic E-state index is -0.198. The Morgan fingerprint density at radius 1 is 1.00 bits per heavy atom. The van der Waals surface area contributed by atoms with Gasteiger partial charge in [-0.15, -0.1) is 0 Å². The number of nitrogens with zero attached hydrogens (tertiary/aromatic N) is 4. The van der Waals surface area contributed by atoms with E-state index < -0.39 is 0 Å². The van der Waals surface area contributed by atoms with Crippen LogP contribution in [0, 0.1) is 19.7 Å². The first kappa shape index (κ1) is 19.4. The number of hydrogen-bond donors (Lipinski definition) is 1. The zero-order valence-electron chi connectivity index (χ0n) is 16.9. The molecule has 29 heavy (non-hydrogen) atoms. The molecule has 0 atom stereocenters. The molecule has 3 aromatic rings. The highest BCUT2D eigenvalue weighted by Crippen LogP contribution is 2.20. The van der Waals surface area contributed by atoms with Gasteiger partial charge in [0.2, 0.25) is 0 Å². The second kappa shape index (κ2) is 8.61. The molecule has 1 aromatic carbocycles.